The minimum absolute atomic E-state index is 0.278. The highest BCUT2D eigenvalue weighted by atomic mass is 16.5. The molecular formula is C8H15NO3. The van der Waals surface area contributed by atoms with E-state index >= 15 is 0 Å². The molecule has 0 aromatic carbocycles. The van der Waals surface area contributed by atoms with Gasteiger partial charge in [0, 0.05) is 13.7 Å². The first-order chi connectivity index (χ1) is 5.75. The van der Waals surface area contributed by atoms with Gasteiger partial charge >= 0.3 is 5.97 Å². The van der Waals surface area contributed by atoms with Crippen LogP contribution in [0.1, 0.15) is 12.8 Å². The van der Waals surface area contributed by atoms with Crippen LogP contribution >= 0.6 is 0 Å². The van der Waals surface area contributed by atoms with E-state index in [1.165, 1.54) is 0 Å². The van der Waals surface area contributed by atoms with Crippen molar-refractivity contribution in [2.75, 3.05) is 26.8 Å². The van der Waals surface area contributed by atoms with E-state index in [-0.39, 0.29) is 6.04 Å². The molecule has 1 heterocycles. The van der Waals surface area contributed by atoms with Gasteiger partial charge in [-0.2, -0.15) is 0 Å². The Labute approximate surface area is 72.1 Å². The number of carboxylic acid groups (broad SMARTS) is 1. The third kappa shape index (κ3) is 2.19. The lowest BCUT2D eigenvalue weighted by Gasteiger charge is -2.19. The van der Waals surface area contributed by atoms with Crippen LogP contribution in [-0.2, 0) is 9.53 Å². The van der Waals surface area contributed by atoms with Crippen molar-refractivity contribution in [2.45, 2.75) is 18.9 Å². The second-order valence-electron chi connectivity index (χ2n) is 3.03. The van der Waals surface area contributed by atoms with E-state index in [2.05, 4.69) is 0 Å². The summed E-state index contributed by atoms with van der Waals surface area (Å²) < 4.78 is 4.90. The first-order valence-electron chi connectivity index (χ1n) is 4.21. The van der Waals surface area contributed by atoms with Crippen molar-refractivity contribution >= 4 is 5.97 Å². The van der Waals surface area contributed by atoms with Crippen LogP contribution in [0.3, 0.4) is 0 Å². The van der Waals surface area contributed by atoms with Gasteiger partial charge in [0.2, 0.25) is 0 Å². The smallest absolute Gasteiger partial charge is 0.320 e. The van der Waals surface area contributed by atoms with Crippen LogP contribution in [0.5, 0.6) is 0 Å². The summed E-state index contributed by atoms with van der Waals surface area (Å²) in [7, 11) is 1.63. The largest absolute Gasteiger partial charge is 0.480 e. The Kier molecular flexibility index (Phi) is 3.49. The maximum Gasteiger partial charge on any atom is 0.320 e. The Morgan fingerprint density at radius 3 is 3.08 bits per heavy atom. The second-order valence-corrected chi connectivity index (χ2v) is 3.03. The molecule has 0 bridgehead atoms. The third-order valence-electron chi connectivity index (χ3n) is 2.23. The number of ether oxygens (including phenoxy) is 1. The Morgan fingerprint density at radius 2 is 2.50 bits per heavy atom. The molecule has 0 radical (unpaired) electrons. The van der Waals surface area contributed by atoms with Gasteiger partial charge in [0.05, 0.1) is 6.61 Å². The number of carboxylic acids is 1. The highest BCUT2D eigenvalue weighted by Gasteiger charge is 2.29. The molecule has 4 heteroatoms. The van der Waals surface area contributed by atoms with Crippen molar-refractivity contribution in [2.24, 2.45) is 0 Å². The number of nitrogens with zero attached hydrogens (tertiary/aromatic N) is 1. The quantitative estimate of drug-likeness (QED) is 0.659. The van der Waals surface area contributed by atoms with Crippen LogP contribution in [0.4, 0.5) is 0 Å². The average molecular weight is 173 g/mol. The predicted molar refractivity (Wildman–Crippen MR) is 44.1 cm³/mol. The number of aliphatic carboxylic acids is 1. The monoisotopic (exact) mass is 173 g/mol. The van der Waals surface area contributed by atoms with Gasteiger partial charge < -0.3 is 9.84 Å². The molecule has 0 aliphatic carbocycles. The molecule has 70 valence electrons. The maximum absolute atomic E-state index is 10.7. The van der Waals surface area contributed by atoms with Crippen LogP contribution in [0.2, 0.25) is 0 Å². The fourth-order valence-electron chi connectivity index (χ4n) is 1.58. The lowest BCUT2D eigenvalue weighted by molar-refractivity contribution is -0.142. The van der Waals surface area contributed by atoms with Gasteiger partial charge in [-0.3, -0.25) is 9.69 Å². The Balaban J connectivity index is 2.35. The summed E-state index contributed by atoms with van der Waals surface area (Å²) in [5, 5.41) is 8.80. The average Bonchev–Trinajstić information content (AvgIpc) is 2.48. The number of methoxy groups -OCH3 is 1. The van der Waals surface area contributed by atoms with Gasteiger partial charge in [0.1, 0.15) is 6.04 Å². The molecule has 0 amide bonds. The Morgan fingerprint density at radius 1 is 1.75 bits per heavy atom. The lowest BCUT2D eigenvalue weighted by atomic mass is 10.2. The fourth-order valence-corrected chi connectivity index (χ4v) is 1.58. The van der Waals surface area contributed by atoms with Gasteiger partial charge in [-0.25, -0.2) is 0 Å². The molecule has 1 aliphatic heterocycles. The Hall–Kier alpha value is -0.610. The van der Waals surface area contributed by atoms with Crippen LogP contribution in [-0.4, -0.2) is 48.8 Å². The summed E-state index contributed by atoms with van der Waals surface area (Å²) in [4.78, 5) is 12.7. The summed E-state index contributed by atoms with van der Waals surface area (Å²) in [6, 6.07) is -0.278. The molecule has 1 aliphatic rings. The molecule has 1 N–H and O–H groups in total. The topological polar surface area (TPSA) is 49.8 Å². The molecule has 0 saturated carbocycles. The minimum Gasteiger partial charge on any atom is -0.480 e. The highest BCUT2D eigenvalue weighted by Crippen LogP contribution is 2.16. The van der Waals surface area contributed by atoms with E-state index in [0.29, 0.717) is 6.61 Å². The molecule has 0 aromatic heterocycles. The van der Waals surface area contributed by atoms with Crippen LogP contribution in [0, 0.1) is 0 Å². The van der Waals surface area contributed by atoms with Crippen LogP contribution in [0.15, 0.2) is 0 Å². The van der Waals surface area contributed by atoms with E-state index in [9.17, 15) is 4.79 Å². The molecule has 0 aromatic rings. The number of hydrogen-bond acceptors (Lipinski definition) is 3. The Bertz CT molecular complexity index is 160. The lowest BCUT2D eigenvalue weighted by Crippen LogP contribution is -2.37. The summed E-state index contributed by atoms with van der Waals surface area (Å²) in [5.74, 6) is -0.705. The zero-order chi connectivity index (χ0) is 8.97. The molecule has 1 saturated heterocycles. The standard InChI is InChI=1S/C8H15NO3/c1-12-6-5-9-4-2-3-7(9)8(10)11/h7H,2-6H2,1H3,(H,10,11)/t7-/m0/s1. The van der Waals surface area contributed by atoms with Crippen molar-refractivity contribution in [1.82, 2.24) is 4.90 Å². The number of rotatable bonds is 4. The van der Waals surface area contributed by atoms with Gasteiger partial charge in [-0.1, -0.05) is 0 Å². The molecule has 1 atom stereocenters. The SMILES string of the molecule is COCCN1CCC[C@H]1C(=O)O. The zero-order valence-electron chi connectivity index (χ0n) is 7.32. The normalized spacial score (nSPS) is 24.6. The molecule has 0 spiro atoms. The molecule has 12 heavy (non-hydrogen) atoms. The van der Waals surface area contributed by atoms with Crippen molar-refractivity contribution in [3.63, 3.8) is 0 Å². The highest BCUT2D eigenvalue weighted by molar-refractivity contribution is 5.73. The summed E-state index contributed by atoms with van der Waals surface area (Å²) in [6.07, 6.45) is 1.76. The molecule has 4 nitrogen and oxygen atoms in total. The zero-order valence-corrected chi connectivity index (χ0v) is 7.32. The van der Waals surface area contributed by atoms with Crippen molar-refractivity contribution in [3.8, 4) is 0 Å². The van der Waals surface area contributed by atoms with E-state index in [4.69, 9.17) is 9.84 Å². The van der Waals surface area contributed by atoms with Crippen molar-refractivity contribution in [1.29, 1.82) is 0 Å². The maximum atomic E-state index is 10.7. The first kappa shape index (κ1) is 9.48. The molecule has 1 rings (SSSR count). The summed E-state index contributed by atoms with van der Waals surface area (Å²) >= 11 is 0. The number of carbonyl (C=O) groups is 1. The third-order valence-corrected chi connectivity index (χ3v) is 2.23. The van der Waals surface area contributed by atoms with Gasteiger partial charge in [-0.05, 0) is 19.4 Å². The van der Waals surface area contributed by atoms with Crippen LogP contribution in [0.25, 0.3) is 0 Å². The summed E-state index contributed by atoms with van der Waals surface area (Å²) in [6.45, 7) is 2.23. The van der Waals surface area contributed by atoms with Gasteiger partial charge in [-0.15, -0.1) is 0 Å². The first-order valence-corrected chi connectivity index (χ1v) is 4.21. The van der Waals surface area contributed by atoms with E-state index in [0.717, 1.165) is 25.9 Å². The second kappa shape index (κ2) is 4.42. The van der Waals surface area contributed by atoms with E-state index in [1.54, 1.807) is 7.11 Å². The molecule has 1 fully saturated rings. The minimum atomic E-state index is -0.705. The van der Waals surface area contributed by atoms with Crippen molar-refractivity contribution in [3.05, 3.63) is 0 Å². The number of hydrogen-bond donors (Lipinski definition) is 1. The van der Waals surface area contributed by atoms with Crippen LogP contribution < -0.4 is 0 Å². The van der Waals surface area contributed by atoms with Crippen molar-refractivity contribution < 1.29 is 14.6 Å². The molecule has 0 unspecified atom stereocenters. The molecular weight excluding hydrogens is 158 g/mol. The summed E-state index contributed by atoms with van der Waals surface area (Å²) in [5.41, 5.74) is 0. The van der Waals surface area contributed by atoms with E-state index < -0.39 is 5.97 Å². The predicted octanol–water partition coefficient (Wildman–Crippen LogP) is 0.182. The number of likely N-dealkylation sites (tertiary alicyclic amines) is 1. The van der Waals surface area contributed by atoms with Gasteiger partial charge in [0.25, 0.3) is 0 Å². The van der Waals surface area contributed by atoms with E-state index in [1.807, 2.05) is 4.90 Å². The van der Waals surface area contributed by atoms with Gasteiger partial charge in [0.15, 0.2) is 0 Å². The fraction of sp³-hybridized carbons (Fsp3) is 0.875.